The molecule has 4 heteroatoms. The Bertz CT molecular complexity index is 617. The van der Waals surface area contributed by atoms with Gasteiger partial charge in [0.1, 0.15) is 6.54 Å². The molecule has 3 aliphatic heterocycles. The second-order valence-electron chi connectivity index (χ2n) is 9.25. The van der Waals surface area contributed by atoms with Crippen LogP contribution >= 0.6 is 0 Å². The number of likely N-dealkylation sites (N-methyl/N-ethyl adjacent to an activating group) is 1. The van der Waals surface area contributed by atoms with E-state index >= 15 is 0 Å². The molecule has 1 atom stereocenters. The summed E-state index contributed by atoms with van der Waals surface area (Å²) in [5.74, 6) is 0.649. The Morgan fingerprint density at radius 1 is 1.00 bits per heavy atom. The Kier molecular flexibility index (Phi) is 6.88. The number of ether oxygens (including phenoxy) is 1. The van der Waals surface area contributed by atoms with Gasteiger partial charge < -0.3 is 33.2 Å². The number of piperidine rings is 3. The molecule has 27 heavy (non-hydrogen) atoms. The third-order valence-electron chi connectivity index (χ3n) is 7.41. The molecule has 3 saturated heterocycles. The average molecular weight is 483 g/mol. The van der Waals surface area contributed by atoms with Gasteiger partial charge in [0.2, 0.25) is 0 Å². The number of fused-ring (bicyclic) bond motifs is 3. The van der Waals surface area contributed by atoms with Crippen molar-refractivity contribution < 1.29 is 38.0 Å². The predicted molar refractivity (Wildman–Crippen MR) is 104 cm³/mol. The van der Waals surface area contributed by atoms with Gasteiger partial charge >= 0.3 is 5.97 Å². The molecule has 1 aromatic rings. The highest BCUT2D eigenvalue weighted by Crippen LogP contribution is 2.41. The molecule has 0 amide bonds. The lowest BCUT2D eigenvalue weighted by molar-refractivity contribution is -0.928. The minimum Gasteiger partial charge on any atom is -1.00 e. The summed E-state index contributed by atoms with van der Waals surface area (Å²) in [4.78, 5) is 13.6. The van der Waals surface area contributed by atoms with Crippen molar-refractivity contribution in [3.05, 3.63) is 35.9 Å². The molecule has 4 fully saturated rings. The summed E-state index contributed by atoms with van der Waals surface area (Å²) < 4.78 is 7.42. The molecule has 2 bridgehead atoms. The average Bonchev–Trinajstić information content (AvgIpc) is 2.63. The molecule has 0 unspecified atom stereocenters. The van der Waals surface area contributed by atoms with Crippen molar-refractivity contribution in [1.29, 1.82) is 0 Å². The smallest absolute Gasteiger partial charge is 0.317 e. The Labute approximate surface area is 181 Å². The third kappa shape index (κ3) is 4.36. The van der Waals surface area contributed by atoms with Crippen molar-refractivity contribution in [3.8, 4) is 0 Å². The molecule has 3 heterocycles. The summed E-state index contributed by atoms with van der Waals surface area (Å²) >= 11 is 0. The van der Waals surface area contributed by atoms with Gasteiger partial charge in [-0.2, -0.15) is 0 Å². The SMILES string of the molecule is C[N+]12CCC(CC1)[C@@H](OC(=O)C1(c3ccccc3)CCCCCCC1)C2.[I-]. The molecule has 4 aliphatic rings. The van der Waals surface area contributed by atoms with Gasteiger partial charge in [-0.15, -0.1) is 0 Å². The second-order valence-corrected chi connectivity index (χ2v) is 9.25. The van der Waals surface area contributed by atoms with Crippen molar-refractivity contribution in [2.24, 2.45) is 5.92 Å². The van der Waals surface area contributed by atoms with Gasteiger partial charge in [-0.3, -0.25) is 4.79 Å². The minimum atomic E-state index is -0.424. The lowest BCUT2D eigenvalue weighted by atomic mass is 9.71. The van der Waals surface area contributed by atoms with Gasteiger partial charge in [-0.25, -0.2) is 0 Å². The van der Waals surface area contributed by atoms with Gasteiger partial charge in [-0.1, -0.05) is 62.4 Å². The standard InChI is InChI=1S/C23H34NO2.HI/c1-24-16-12-19(13-17-24)21(18-24)26-22(25)23(20-10-6-5-7-11-20)14-8-3-2-4-9-15-23;/h5-7,10-11,19,21H,2-4,8-9,12-18H2,1H3;1H/q+1;/p-1/t19?,21-,24?;/m0./s1. The largest absolute Gasteiger partial charge is 1.00 e. The molecule has 0 aromatic heterocycles. The number of esters is 1. The highest BCUT2D eigenvalue weighted by atomic mass is 127. The van der Waals surface area contributed by atoms with Crippen molar-refractivity contribution in [2.75, 3.05) is 26.7 Å². The van der Waals surface area contributed by atoms with Crippen LogP contribution in [0.15, 0.2) is 30.3 Å². The Morgan fingerprint density at radius 2 is 1.59 bits per heavy atom. The van der Waals surface area contributed by atoms with E-state index in [1.54, 1.807) is 0 Å². The first kappa shape index (κ1) is 21.1. The number of benzene rings is 1. The Balaban J connectivity index is 0.00000210. The summed E-state index contributed by atoms with van der Waals surface area (Å²) in [5, 5.41) is 0. The predicted octanol–water partition coefficient (Wildman–Crippen LogP) is 1.45. The number of rotatable bonds is 3. The van der Waals surface area contributed by atoms with Crippen LogP contribution in [0.5, 0.6) is 0 Å². The van der Waals surface area contributed by atoms with E-state index in [1.807, 2.05) is 6.07 Å². The van der Waals surface area contributed by atoms with Gasteiger partial charge in [0, 0.05) is 18.8 Å². The van der Waals surface area contributed by atoms with Crippen LogP contribution in [-0.2, 0) is 14.9 Å². The number of carbonyl (C=O) groups is 1. The molecule has 150 valence electrons. The van der Waals surface area contributed by atoms with E-state index in [9.17, 15) is 4.79 Å². The van der Waals surface area contributed by atoms with Crippen molar-refractivity contribution in [3.63, 3.8) is 0 Å². The van der Waals surface area contributed by atoms with E-state index in [-0.39, 0.29) is 36.0 Å². The van der Waals surface area contributed by atoms with Crippen LogP contribution in [-0.4, -0.2) is 43.2 Å². The molecule has 1 aliphatic carbocycles. The molecule has 0 spiro atoms. The van der Waals surface area contributed by atoms with Gasteiger partial charge in [0.05, 0.1) is 25.6 Å². The highest BCUT2D eigenvalue weighted by molar-refractivity contribution is 5.83. The quantitative estimate of drug-likeness (QED) is 0.370. The summed E-state index contributed by atoms with van der Waals surface area (Å²) in [7, 11) is 2.33. The number of hydrogen-bond acceptors (Lipinski definition) is 2. The summed E-state index contributed by atoms with van der Waals surface area (Å²) in [6.07, 6.45) is 10.5. The highest BCUT2D eigenvalue weighted by Gasteiger charge is 2.48. The van der Waals surface area contributed by atoms with Crippen molar-refractivity contribution in [1.82, 2.24) is 0 Å². The van der Waals surface area contributed by atoms with Crippen LogP contribution in [0.25, 0.3) is 0 Å². The molecular formula is C23H34INO2. The first-order chi connectivity index (χ1) is 12.6. The normalized spacial score (nSPS) is 32.6. The fraction of sp³-hybridized carbons (Fsp3) is 0.696. The third-order valence-corrected chi connectivity index (χ3v) is 7.41. The molecule has 5 rings (SSSR count). The molecule has 0 N–H and O–H groups in total. The summed E-state index contributed by atoms with van der Waals surface area (Å²) in [6, 6.07) is 10.5. The maximum absolute atomic E-state index is 13.6. The monoisotopic (exact) mass is 483 g/mol. The van der Waals surface area contributed by atoms with E-state index in [2.05, 4.69) is 31.3 Å². The number of hydrogen-bond donors (Lipinski definition) is 0. The molecule has 3 nitrogen and oxygen atoms in total. The Hall–Kier alpha value is -0.620. The molecular weight excluding hydrogens is 449 g/mol. The first-order valence-corrected chi connectivity index (χ1v) is 10.7. The lowest BCUT2D eigenvalue weighted by Gasteiger charge is -2.50. The van der Waals surface area contributed by atoms with Crippen LogP contribution in [0.4, 0.5) is 0 Å². The maximum Gasteiger partial charge on any atom is 0.317 e. The minimum absolute atomic E-state index is 0. The van der Waals surface area contributed by atoms with Crippen LogP contribution in [0, 0.1) is 5.92 Å². The lowest BCUT2D eigenvalue weighted by Crippen LogP contribution is -3.00. The van der Waals surface area contributed by atoms with E-state index in [0.29, 0.717) is 5.92 Å². The van der Waals surface area contributed by atoms with E-state index in [0.717, 1.165) is 36.7 Å². The van der Waals surface area contributed by atoms with Crippen molar-refractivity contribution >= 4 is 5.97 Å². The zero-order valence-electron chi connectivity index (χ0n) is 16.7. The summed E-state index contributed by atoms with van der Waals surface area (Å²) in [5.41, 5.74) is 0.750. The number of nitrogens with zero attached hydrogens (tertiary/aromatic N) is 1. The van der Waals surface area contributed by atoms with Crippen LogP contribution in [0.3, 0.4) is 0 Å². The maximum atomic E-state index is 13.6. The summed E-state index contributed by atoms with van der Waals surface area (Å²) in [6.45, 7) is 3.52. The van der Waals surface area contributed by atoms with Crippen molar-refractivity contribution in [2.45, 2.75) is 69.3 Å². The second kappa shape index (κ2) is 8.81. The molecule has 0 radical (unpaired) electrons. The first-order valence-electron chi connectivity index (χ1n) is 10.7. The number of quaternary nitrogens is 1. The number of carbonyl (C=O) groups excluding carboxylic acids is 1. The van der Waals surface area contributed by atoms with Crippen LogP contribution < -0.4 is 24.0 Å². The number of halogens is 1. The van der Waals surface area contributed by atoms with Gasteiger partial charge in [-0.05, 0) is 18.4 Å². The van der Waals surface area contributed by atoms with E-state index in [1.165, 1.54) is 50.8 Å². The van der Waals surface area contributed by atoms with E-state index in [4.69, 9.17) is 4.74 Å². The Morgan fingerprint density at radius 3 is 2.19 bits per heavy atom. The topological polar surface area (TPSA) is 26.3 Å². The molecule has 1 aromatic carbocycles. The van der Waals surface area contributed by atoms with Crippen LogP contribution in [0.2, 0.25) is 0 Å². The zero-order valence-corrected chi connectivity index (χ0v) is 18.8. The van der Waals surface area contributed by atoms with E-state index < -0.39 is 5.41 Å². The fourth-order valence-corrected chi connectivity index (χ4v) is 5.61. The van der Waals surface area contributed by atoms with Crippen LogP contribution in [0.1, 0.15) is 63.4 Å². The van der Waals surface area contributed by atoms with Gasteiger partial charge in [0.15, 0.2) is 6.10 Å². The zero-order chi connectivity index (χ0) is 18.0. The molecule has 1 saturated carbocycles. The van der Waals surface area contributed by atoms with Gasteiger partial charge in [0.25, 0.3) is 0 Å². The fourth-order valence-electron chi connectivity index (χ4n) is 5.61.